The molecule has 0 spiro atoms. The van der Waals surface area contributed by atoms with Crippen LogP contribution in [0.2, 0.25) is 0 Å². The fraction of sp³-hybridized carbons (Fsp3) is 0.0769. The standard InChI is InChI=1S/C13H8N4OS3/c1-3-19-5-8(1)12-16-10(17-18-12)6-21-13-11-9(2-4-20-11)14-7-15-13/h1-5,7H,6H2. The fourth-order valence-electron chi connectivity index (χ4n) is 1.82. The normalized spacial score (nSPS) is 11.2. The van der Waals surface area contributed by atoms with Crippen molar-refractivity contribution in [3.8, 4) is 11.5 Å². The van der Waals surface area contributed by atoms with Gasteiger partial charge in [-0.1, -0.05) is 16.9 Å². The van der Waals surface area contributed by atoms with Crippen LogP contribution in [0.5, 0.6) is 0 Å². The minimum Gasteiger partial charge on any atom is -0.334 e. The van der Waals surface area contributed by atoms with Crippen LogP contribution in [0.4, 0.5) is 0 Å². The molecular weight excluding hydrogens is 324 g/mol. The Balaban J connectivity index is 1.53. The molecule has 0 aliphatic heterocycles. The Morgan fingerprint density at radius 1 is 1.19 bits per heavy atom. The maximum absolute atomic E-state index is 5.27. The molecule has 21 heavy (non-hydrogen) atoms. The Kier molecular flexibility index (Phi) is 3.42. The zero-order valence-corrected chi connectivity index (χ0v) is 13.0. The van der Waals surface area contributed by atoms with Crippen molar-refractivity contribution in [2.24, 2.45) is 0 Å². The highest BCUT2D eigenvalue weighted by Crippen LogP contribution is 2.30. The zero-order valence-electron chi connectivity index (χ0n) is 10.6. The van der Waals surface area contributed by atoms with Gasteiger partial charge in [0.05, 0.1) is 21.5 Å². The van der Waals surface area contributed by atoms with Crippen LogP contribution in [0.25, 0.3) is 21.7 Å². The maximum atomic E-state index is 5.27. The predicted molar refractivity (Wildman–Crippen MR) is 84.6 cm³/mol. The van der Waals surface area contributed by atoms with Gasteiger partial charge in [0.25, 0.3) is 5.89 Å². The molecule has 0 bridgehead atoms. The molecule has 4 aromatic heterocycles. The molecule has 0 aromatic carbocycles. The van der Waals surface area contributed by atoms with Crippen LogP contribution in [0, 0.1) is 0 Å². The number of thiophene rings is 2. The molecule has 8 heteroatoms. The minimum atomic E-state index is 0.566. The molecule has 4 rings (SSSR count). The Labute approximate surface area is 132 Å². The van der Waals surface area contributed by atoms with E-state index in [4.69, 9.17) is 4.52 Å². The number of aromatic nitrogens is 4. The lowest BCUT2D eigenvalue weighted by atomic mass is 10.3. The third-order valence-corrected chi connectivity index (χ3v) is 5.49. The average molecular weight is 332 g/mol. The maximum Gasteiger partial charge on any atom is 0.258 e. The summed E-state index contributed by atoms with van der Waals surface area (Å²) in [6.07, 6.45) is 1.59. The summed E-state index contributed by atoms with van der Waals surface area (Å²) >= 11 is 4.85. The lowest BCUT2D eigenvalue weighted by Crippen LogP contribution is -1.87. The summed E-state index contributed by atoms with van der Waals surface area (Å²) in [5, 5.41) is 11.0. The number of fused-ring (bicyclic) bond motifs is 1. The van der Waals surface area contributed by atoms with Crippen LogP contribution in [-0.4, -0.2) is 20.1 Å². The molecule has 0 N–H and O–H groups in total. The van der Waals surface area contributed by atoms with Crippen molar-refractivity contribution in [1.82, 2.24) is 20.1 Å². The molecule has 0 saturated heterocycles. The second kappa shape index (κ2) is 5.55. The largest absolute Gasteiger partial charge is 0.334 e. The van der Waals surface area contributed by atoms with Gasteiger partial charge in [-0.15, -0.1) is 11.3 Å². The van der Waals surface area contributed by atoms with E-state index in [2.05, 4.69) is 20.1 Å². The van der Waals surface area contributed by atoms with Gasteiger partial charge in [0.15, 0.2) is 5.82 Å². The van der Waals surface area contributed by atoms with Crippen molar-refractivity contribution in [2.75, 3.05) is 0 Å². The summed E-state index contributed by atoms with van der Waals surface area (Å²) in [4.78, 5) is 13.0. The second-order valence-corrected chi connectivity index (χ2v) is 6.79. The van der Waals surface area contributed by atoms with Crippen molar-refractivity contribution in [3.05, 3.63) is 40.4 Å². The lowest BCUT2D eigenvalue weighted by Gasteiger charge is -1.98. The SMILES string of the molecule is c1nc(SCc2noc(-c3ccsc3)n2)c2sccc2n1. The molecule has 0 aliphatic carbocycles. The summed E-state index contributed by atoms with van der Waals surface area (Å²) in [6, 6.07) is 3.96. The molecule has 104 valence electrons. The third-order valence-electron chi connectivity index (χ3n) is 2.78. The molecule has 0 aliphatic rings. The Morgan fingerprint density at radius 2 is 2.19 bits per heavy atom. The van der Waals surface area contributed by atoms with Gasteiger partial charge >= 0.3 is 0 Å². The van der Waals surface area contributed by atoms with E-state index in [-0.39, 0.29) is 0 Å². The van der Waals surface area contributed by atoms with Crippen molar-refractivity contribution in [2.45, 2.75) is 10.8 Å². The molecule has 5 nitrogen and oxygen atoms in total. The van der Waals surface area contributed by atoms with E-state index in [1.807, 2.05) is 28.3 Å². The quantitative estimate of drug-likeness (QED) is 0.414. The van der Waals surface area contributed by atoms with Crippen molar-refractivity contribution >= 4 is 44.7 Å². The monoisotopic (exact) mass is 332 g/mol. The van der Waals surface area contributed by atoms with Gasteiger partial charge in [-0.2, -0.15) is 16.3 Å². The van der Waals surface area contributed by atoms with Crippen LogP contribution in [-0.2, 0) is 5.75 Å². The Hall–Kier alpha value is -1.77. The molecule has 0 amide bonds. The third kappa shape index (κ3) is 2.57. The van der Waals surface area contributed by atoms with Crippen molar-refractivity contribution in [1.29, 1.82) is 0 Å². The molecule has 0 fully saturated rings. The van der Waals surface area contributed by atoms with Crippen LogP contribution in [0.3, 0.4) is 0 Å². The molecule has 0 atom stereocenters. The van der Waals surface area contributed by atoms with E-state index in [1.54, 1.807) is 40.8 Å². The first kappa shape index (κ1) is 12.9. The zero-order chi connectivity index (χ0) is 14.1. The fourth-order valence-corrected chi connectivity index (χ4v) is 4.24. The van der Waals surface area contributed by atoms with E-state index in [1.165, 1.54) is 0 Å². The highest BCUT2D eigenvalue weighted by Gasteiger charge is 2.11. The molecule has 4 aromatic rings. The lowest BCUT2D eigenvalue weighted by molar-refractivity contribution is 0.425. The average Bonchev–Trinajstić information content (AvgIpc) is 3.23. The molecule has 0 unspecified atom stereocenters. The molecular formula is C13H8N4OS3. The molecule has 0 saturated carbocycles. The van der Waals surface area contributed by atoms with Crippen molar-refractivity contribution in [3.63, 3.8) is 0 Å². The Bertz CT molecular complexity index is 868. The summed E-state index contributed by atoms with van der Waals surface area (Å²) in [7, 11) is 0. The summed E-state index contributed by atoms with van der Waals surface area (Å²) < 4.78 is 6.37. The van der Waals surface area contributed by atoms with E-state index in [9.17, 15) is 0 Å². The van der Waals surface area contributed by atoms with Gasteiger partial charge in [0.1, 0.15) is 11.4 Å². The highest BCUT2D eigenvalue weighted by molar-refractivity contribution is 7.98. The first-order valence-corrected chi connectivity index (χ1v) is 8.87. The van der Waals surface area contributed by atoms with Gasteiger partial charge in [0.2, 0.25) is 0 Å². The number of nitrogens with zero attached hydrogens (tertiary/aromatic N) is 4. The Morgan fingerprint density at radius 3 is 3.10 bits per heavy atom. The number of hydrogen-bond donors (Lipinski definition) is 0. The van der Waals surface area contributed by atoms with E-state index in [0.29, 0.717) is 17.5 Å². The number of thioether (sulfide) groups is 1. The smallest absolute Gasteiger partial charge is 0.258 e. The first-order valence-electron chi connectivity index (χ1n) is 6.06. The van der Waals surface area contributed by atoms with E-state index < -0.39 is 0 Å². The van der Waals surface area contributed by atoms with E-state index >= 15 is 0 Å². The highest BCUT2D eigenvalue weighted by atomic mass is 32.2. The van der Waals surface area contributed by atoms with Gasteiger partial charge in [-0.3, -0.25) is 0 Å². The minimum absolute atomic E-state index is 0.566. The van der Waals surface area contributed by atoms with Gasteiger partial charge in [0, 0.05) is 5.38 Å². The molecule has 0 radical (unpaired) electrons. The number of rotatable bonds is 4. The predicted octanol–water partition coefficient (Wildman–Crippen LogP) is 4.10. The van der Waals surface area contributed by atoms with E-state index in [0.717, 1.165) is 20.8 Å². The summed E-state index contributed by atoms with van der Waals surface area (Å²) in [5.74, 6) is 1.86. The van der Waals surface area contributed by atoms with Crippen LogP contribution < -0.4 is 0 Å². The van der Waals surface area contributed by atoms with Crippen molar-refractivity contribution < 1.29 is 4.52 Å². The van der Waals surface area contributed by atoms with Gasteiger partial charge in [-0.25, -0.2) is 9.97 Å². The summed E-state index contributed by atoms with van der Waals surface area (Å²) in [6.45, 7) is 0. The topological polar surface area (TPSA) is 64.7 Å². The first-order chi connectivity index (χ1) is 10.4. The summed E-state index contributed by atoms with van der Waals surface area (Å²) in [5.41, 5.74) is 1.94. The number of hydrogen-bond acceptors (Lipinski definition) is 8. The van der Waals surface area contributed by atoms with Crippen LogP contribution >= 0.6 is 34.4 Å². The van der Waals surface area contributed by atoms with Crippen LogP contribution in [0.15, 0.2) is 44.1 Å². The molecule has 4 heterocycles. The van der Waals surface area contributed by atoms with Crippen LogP contribution in [0.1, 0.15) is 5.82 Å². The second-order valence-electron chi connectivity index (χ2n) is 4.13. The van der Waals surface area contributed by atoms with Gasteiger partial charge < -0.3 is 4.52 Å². The van der Waals surface area contributed by atoms with Gasteiger partial charge in [-0.05, 0) is 22.9 Å².